The molecule has 104 valence electrons. The van der Waals surface area contributed by atoms with Crippen LogP contribution in [0.15, 0.2) is 54.7 Å². The van der Waals surface area contributed by atoms with E-state index in [2.05, 4.69) is 10.3 Å². The van der Waals surface area contributed by atoms with Crippen molar-refractivity contribution in [1.82, 2.24) is 10.3 Å². The fourth-order valence-corrected chi connectivity index (χ4v) is 2.01. The molecule has 0 aliphatic heterocycles. The van der Waals surface area contributed by atoms with E-state index in [-0.39, 0.29) is 18.6 Å². The molecular formula is C16H18N2O2. The molecule has 0 unspecified atom stereocenters. The molecule has 1 aromatic heterocycles. The molecule has 20 heavy (non-hydrogen) atoms. The van der Waals surface area contributed by atoms with Crippen molar-refractivity contribution in [3.8, 4) is 0 Å². The first-order valence-electron chi connectivity index (χ1n) is 6.66. The second-order valence-corrected chi connectivity index (χ2v) is 4.57. The summed E-state index contributed by atoms with van der Waals surface area (Å²) in [5, 5.41) is 12.1. The van der Waals surface area contributed by atoms with Crippen molar-refractivity contribution in [3.63, 3.8) is 0 Å². The Labute approximate surface area is 118 Å². The number of benzene rings is 1. The normalized spacial score (nSPS) is 11.8. The highest BCUT2D eigenvalue weighted by Crippen LogP contribution is 2.05. The number of nitrogens with zero attached hydrogens (tertiary/aromatic N) is 1. The van der Waals surface area contributed by atoms with Gasteiger partial charge in [0, 0.05) is 36.5 Å². The van der Waals surface area contributed by atoms with Crippen molar-refractivity contribution < 1.29 is 9.90 Å². The second kappa shape index (κ2) is 7.40. The van der Waals surface area contributed by atoms with Gasteiger partial charge >= 0.3 is 0 Å². The summed E-state index contributed by atoms with van der Waals surface area (Å²) in [6, 6.07) is 14.6. The van der Waals surface area contributed by atoms with E-state index in [1.165, 1.54) is 0 Å². The monoisotopic (exact) mass is 270 g/mol. The molecular weight excluding hydrogens is 252 g/mol. The molecule has 1 amide bonds. The molecule has 4 nitrogen and oxygen atoms in total. The minimum atomic E-state index is -0.125. The largest absolute Gasteiger partial charge is 0.396 e. The smallest absolute Gasteiger partial charge is 0.251 e. The summed E-state index contributed by atoms with van der Waals surface area (Å²) in [7, 11) is 0. The highest BCUT2D eigenvalue weighted by atomic mass is 16.3. The highest BCUT2D eigenvalue weighted by molar-refractivity contribution is 5.94. The summed E-state index contributed by atoms with van der Waals surface area (Å²) in [4.78, 5) is 16.4. The van der Waals surface area contributed by atoms with Crippen LogP contribution in [0.5, 0.6) is 0 Å². The quantitative estimate of drug-likeness (QED) is 0.841. The van der Waals surface area contributed by atoms with Crippen LogP contribution >= 0.6 is 0 Å². The van der Waals surface area contributed by atoms with Gasteiger partial charge in [-0.15, -0.1) is 0 Å². The zero-order chi connectivity index (χ0) is 14.2. The van der Waals surface area contributed by atoms with Gasteiger partial charge in [0.15, 0.2) is 0 Å². The molecule has 2 N–H and O–H groups in total. The second-order valence-electron chi connectivity index (χ2n) is 4.57. The van der Waals surface area contributed by atoms with Crippen LogP contribution in [0, 0.1) is 0 Å². The zero-order valence-electron chi connectivity index (χ0n) is 11.2. The fourth-order valence-electron chi connectivity index (χ4n) is 2.01. The molecule has 2 aromatic rings. The summed E-state index contributed by atoms with van der Waals surface area (Å²) in [5.41, 5.74) is 1.52. The lowest BCUT2D eigenvalue weighted by atomic mass is 10.1. The van der Waals surface area contributed by atoms with Crippen LogP contribution in [0.3, 0.4) is 0 Å². The minimum absolute atomic E-state index is 0.0343. The number of nitrogens with one attached hydrogen (secondary N) is 1. The number of amides is 1. The first kappa shape index (κ1) is 14.2. The van der Waals surface area contributed by atoms with Crippen molar-refractivity contribution >= 4 is 5.91 Å². The SMILES string of the molecule is O=C(N[C@@H](CCO)Cc1ccccn1)c1ccccc1. The predicted octanol–water partition coefficient (Wildman–Crippen LogP) is 1.81. The highest BCUT2D eigenvalue weighted by Gasteiger charge is 2.14. The van der Waals surface area contributed by atoms with Gasteiger partial charge in [-0.25, -0.2) is 0 Å². The molecule has 0 saturated carbocycles. The number of aliphatic hydroxyl groups is 1. The third kappa shape index (κ3) is 4.17. The molecule has 1 atom stereocenters. The van der Waals surface area contributed by atoms with Gasteiger partial charge in [0.1, 0.15) is 0 Å². The number of hydrogen-bond donors (Lipinski definition) is 2. The molecule has 0 aliphatic rings. The maximum Gasteiger partial charge on any atom is 0.251 e. The van der Waals surface area contributed by atoms with Gasteiger partial charge in [0.2, 0.25) is 0 Å². The third-order valence-corrected chi connectivity index (χ3v) is 3.03. The van der Waals surface area contributed by atoms with Crippen molar-refractivity contribution in [1.29, 1.82) is 0 Å². The molecule has 0 saturated heterocycles. The van der Waals surface area contributed by atoms with E-state index in [0.717, 1.165) is 5.69 Å². The standard InChI is InChI=1S/C16H18N2O2/c19-11-9-15(12-14-8-4-5-10-17-14)18-16(20)13-6-2-1-3-7-13/h1-8,10,15,19H,9,11-12H2,(H,18,20)/t15-/m0/s1. The lowest BCUT2D eigenvalue weighted by molar-refractivity contribution is 0.0930. The Balaban J connectivity index is 2.00. The van der Waals surface area contributed by atoms with E-state index < -0.39 is 0 Å². The molecule has 1 heterocycles. The molecule has 4 heteroatoms. The average Bonchev–Trinajstić information content (AvgIpc) is 2.49. The Morgan fingerprint density at radius 2 is 1.90 bits per heavy atom. The summed E-state index contributed by atoms with van der Waals surface area (Å²) in [6.07, 6.45) is 2.85. The Bertz CT molecular complexity index is 529. The number of pyridine rings is 1. The van der Waals surface area contributed by atoms with Gasteiger partial charge < -0.3 is 10.4 Å². The molecule has 0 bridgehead atoms. The van der Waals surface area contributed by atoms with Crippen molar-refractivity contribution in [2.45, 2.75) is 18.9 Å². The van der Waals surface area contributed by atoms with Crippen LogP contribution in [0.1, 0.15) is 22.5 Å². The van der Waals surface area contributed by atoms with Crippen molar-refractivity contribution in [3.05, 3.63) is 66.0 Å². The predicted molar refractivity (Wildman–Crippen MR) is 77.3 cm³/mol. The van der Waals surface area contributed by atoms with Crippen molar-refractivity contribution in [2.24, 2.45) is 0 Å². The van der Waals surface area contributed by atoms with Crippen molar-refractivity contribution in [2.75, 3.05) is 6.61 Å². The Hall–Kier alpha value is -2.20. The average molecular weight is 270 g/mol. The molecule has 0 fully saturated rings. The molecule has 0 aliphatic carbocycles. The van der Waals surface area contributed by atoms with Gasteiger partial charge in [-0.3, -0.25) is 9.78 Å². The first-order valence-corrected chi connectivity index (χ1v) is 6.66. The Kier molecular flexibility index (Phi) is 5.26. The topological polar surface area (TPSA) is 62.2 Å². The van der Waals surface area contributed by atoms with Crippen LogP contribution in [0.4, 0.5) is 0 Å². The molecule has 0 spiro atoms. The van der Waals surface area contributed by atoms with Gasteiger partial charge in [-0.2, -0.15) is 0 Å². The fraction of sp³-hybridized carbons (Fsp3) is 0.250. The Morgan fingerprint density at radius 1 is 1.15 bits per heavy atom. The summed E-state index contributed by atoms with van der Waals surface area (Å²) in [6.45, 7) is 0.0343. The number of aliphatic hydroxyl groups excluding tert-OH is 1. The van der Waals surface area contributed by atoms with E-state index >= 15 is 0 Å². The van der Waals surface area contributed by atoms with E-state index in [9.17, 15) is 4.79 Å². The van der Waals surface area contributed by atoms with Gasteiger partial charge in [-0.05, 0) is 30.7 Å². The van der Waals surface area contributed by atoms with Crippen LogP contribution in [-0.2, 0) is 6.42 Å². The lowest BCUT2D eigenvalue weighted by Gasteiger charge is -2.17. The van der Waals surface area contributed by atoms with Gasteiger partial charge in [0.25, 0.3) is 5.91 Å². The number of carbonyl (C=O) groups is 1. The number of hydrogen-bond acceptors (Lipinski definition) is 3. The molecule has 2 rings (SSSR count). The van der Waals surface area contributed by atoms with Gasteiger partial charge in [0.05, 0.1) is 0 Å². The van der Waals surface area contributed by atoms with E-state index in [1.54, 1.807) is 18.3 Å². The zero-order valence-corrected chi connectivity index (χ0v) is 11.2. The number of aromatic nitrogens is 1. The molecule has 0 radical (unpaired) electrons. The van der Waals surface area contributed by atoms with E-state index in [4.69, 9.17) is 5.11 Å². The summed E-state index contributed by atoms with van der Waals surface area (Å²) < 4.78 is 0. The third-order valence-electron chi connectivity index (χ3n) is 3.03. The number of carbonyl (C=O) groups excluding carboxylic acids is 1. The number of rotatable bonds is 6. The maximum absolute atomic E-state index is 12.1. The molecule has 1 aromatic carbocycles. The minimum Gasteiger partial charge on any atom is -0.396 e. The van der Waals surface area contributed by atoms with Crippen LogP contribution in [0.25, 0.3) is 0 Å². The lowest BCUT2D eigenvalue weighted by Crippen LogP contribution is -2.37. The summed E-state index contributed by atoms with van der Waals surface area (Å²) >= 11 is 0. The van der Waals surface area contributed by atoms with Crippen LogP contribution in [0.2, 0.25) is 0 Å². The van der Waals surface area contributed by atoms with Gasteiger partial charge in [-0.1, -0.05) is 24.3 Å². The maximum atomic E-state index is 12.1. The van der Waals surface area contributed by atoms with Crippen LogP contribution < -0.4 is 5.32 Å². The Morgan fingerprint density at radius 3 is 2.55 bits per heavy atom. The van der Waals surface area contributed by atoms with E-state index in [0.29, 0.717) is 18.4 Å². The first-order chi connectivity index (χ1) is 9.79. The van der Waals surface area contributed by atoms with Crippen LogP contribution in [-0.4, -0.2) is 28.6 Å². The summed E-state index contributed by atoms with van der Waals surface area (Å²) in [5.74, 6) is -0.125. The van der Waals surface area contributed by atoms with E-state index in [1.807, 2.05) is 36.4 Å².